The normalized spacial score (nSPS) is 12.7. The van der Waals surface area contributed by atoms with Gasteiger partial charge < -0.3 is 10.2 Å². The summed E-state index contributed by atoms with van der Waals surface area (Å²) in [6.45, 7) is 8.05. The van der Waals surface area contributed by atoms with Crippen LogP contribution in [0.2, 0.25) is 0 Å². The van der Waals surface area contributed by atoms with Gasteiger partial charge in [-0.1, -0.05) is 13.8 Å². The minimum absolute atomic E-state index is 0.0483. The largest absolute Gasteiger partial charge is 0.376 e. The van der Waals surface area contributed by atoms with Gasteiger partial charge in [0.2, 0.25) is 0 Å². The molecule has 0 saturated carbocycles. The van der Waals surface area contributed by atoms with E-state index in [1.807, 2.05) is 19.0 Å². The van der Waals surface area contributed by atoms with Crippen LogP contribution in [0.5, 0.6) is 0 Å². The molecular formula is C15H28N4O. The maximum Gasteiger partial charge on any atom is 0.268 e. The number of nitrogens with zero attached hydrogens (tertiary/aromatic N) is 3. The first-order chi connectivity index (χ1) is 9.40. The van der Waals surface area contributed by atoms with Crippen LogP contribution in [0.4, 0.5) is 5.69 Å². The average molecular weight is 280 g/mol. The van der Waals surface area contributed by atoms with E-state index < -0.39 is 0 Å². The van der Waals surface area contributed by atoms with Crippen molar-refractivity contribution < 1.29 is 0 Å². The maximum atomic E-state index is 11.9. The summed E-state index contributed by atoms with van der Waals surface area (Å²) in [6, 6.07) is 2.10. The Balaban J connectivity index is 2.41. The minimum atomic E-state index is -0.0483. The number of rotatable bonds is 8. The third kappa shape index (κ3) is 5.74. The molecule has 0 bridgehead atoms. The molecule has 5 nitrogen and oxygen atoms in total. The quantitative estimate of drug-likeness (QED) is 0.788. The number of nitrogens with one attached hydrogen (secondary N) is 1. The van der Waals surface area contributed by atoms with E-state index >= 15 is 0 Å². The van der Waals surface area contributed by atoms with Crippen LogP contribution in [-0.4, -0.2) is 36.5 Å². The van der Waals surface area contributed by atoms with Crippen LogP contribution in [0, 0.1) is 5.92 Å². The molecule has 1 rings (SSSR count). The van der Waals surface area contributed by atoms with Crippen LogP contribution < -0.4 is 15.8 Å². The molecule has 0 aliphatic carbocycles. The molecule has 1 atom stereocenters. The first-order valence-electron chi connectivity index (χ1n) is 7.38. The van der Waals surface area contributed by atoms with Crippen molar-refractivity contribution >= 4 is 5.69 Å². The first-order valence-corrected chi connectivity index (χ1v) is 7.38. The smallest absolute Gasteiger partial charge is 0.268 e. The molecule has 20 heavy (non-hydrogen) atoms. The second kappa shape index (κ2) is 8.04. The molecule has 1 aromatic heterocycles. The van der Waals surface area contributed by atoms with Crippen molar-refractivity contribution in [1.29, 1.82) is 0 Å². The molecule has 1 heterocycles. The Morgan fingerprint density at radius 3 is 2.55 bits per heavy atom. The summed E-state index contributed by atoms with van der Waals surface area (Å²) in [4.78, 5) is 13.8. The second-order valence-electron chi connectivity index (χ2n) is 6.00. The number of hydrogen-bond donors (Lipinski definition) is 1. The molecule has 1 N–H and O–H groups in total. The minimum Gasteiger partial charge on any atom is -0.376 e. The zero-order valence-electron chi connectivity index (χ0n) is 13.4. The van der Waals surface area contributed by atoms with Gasteiger partial charge in [-0.25, -0.2) is 4.68 Å². The van der Waals surface area contributed by atoms with Crippen molar-refractivity contribution in [2.45, 2.75) is 46.2 Å². The fourth-order valence-corrected chi connectivity index (χ4v) is 1.94. The Labute approximate surface area is 122 Å². The van der Waals surface area contributed by atoms with Crippen LogP contribution in [0.25, 0.3) is 0 Å². The van der Waals surface area contributed by atoms with Gasteiger partial charge in [0.05, 0.1) is 18.4 Å². The summed E-state index contributed by atoms with van der Waals surface area (Å²) >= 11 is 0. The first kappa shape index (κ1) is 16.7. The zero-order valence-corrected chi connectivity index (χ0v) is 13.4. The molecule has 0 radical (unpaired) electrons. The van der Waals surface area contributed by atoms with E-state index in [9.17, 15) is 4.79 Å². The van der Waals surface area contributed by atoms with Gasteiger partial charge in [-0.05, 0) is 25.7 Å². The van der Waals surface area contributed by atoms with Gasteiger partial charge in [0.25, 0.3) is 5.56 Å². The van der Waals surface area contributed by atoms with E-state index in [-0.39, 0.29) is 5.56 Å². The summed E-state index contributed by atoms with van der Waals surface area (Å²) in [6.07, 6.45) is 4.12. The highest BCUT2D eigenvalue weighted by molar-refractivity contribution is 5.40. The molecule has 5 heteroatoms. The lowest BCUT2D eigenvalue weighted by Crippen LogP contribution is -2.33. The highest BCUT2D eigenvalue weighted by atomic mass is 16.1. The van der Waals surface area contributed by atoms with E-state index in [0.717, 1.165) is 18.2 Å². The van der Waals surface area contributed by atoms with E-state index in [2.05, 4.69) is 31.2 Å². The van der Waals surface area contributed by atoms with Crippen LogP contribution in [0.3, 0.4) is 0 Å². The second-order valence-corrected chi connectivity index (χ2v) is 6.00. The number of aromatic nitrogens is 2. The van der Waals surface area contributed by atoms with Gasteiger partial charge in [0.15, 0.2) is 0 Å². The van der Waals surface area contributed by atoms with Gasteiger partial charge in [-0.2, -0.15) is 5.10 Å². The van der Waals surface area contributed by atoms with E-state index in [1.54, 1.807) is 12.3 Å². The summed E-state index contributed by atoms with van der Waals surface area (Å²) in [7, 11) is 3.80. The predicted octanol–water partition coefficient (Wildman–Crippen LogP) is 1.72. The number of hydrogen-bond acceptors (Lipinski definition) is 4. The summed E-state index contributed by atoms with van der Waals surface area (Å²) < 4.78 is 1.51. The van der Waals surface area contributed by atoms with E-state index in [4.69, 9.17) is 0 Å². The van der Waals surface area contributed by atoms with Crippen molar-refractivity contribution in [2.75, 3.05) is 25.5 Å². The summed E-state index contributed by atoms with van der Waals surface area (Å²) in [5.41, 5.74) is 0.789. The standard InChI is InChI=1S/C15H28N4O/c1-12(2)6-7-13(3)16-8-9-19-15(20)10-14(11-17-19)18(4)5/h10-13,16H,6-9H2,1-5H3. The van der Waals surface area contributed by atoms with Crippen molar-refractivity contribution in [3.05, 3.63) is 22.6 Å². The molecule has 0 spiro atoms. The molecular weight excluding hydrogens is 252 g/mol. The fourth-order valence-electron chi connectivity index (χ4n) is 1.94. The Hall–Kier alpha value is -1.36. The highest BCUT2D eigenvalue weighted by Gasteiger charge is 2.05. The molecule has 0 fully saturated rings. The van der Waals surface area contributed by atoms with Gasteiger partial charge in [-0.3, -0.25) is 4.79 Å². The summed E-state index contributed by atoms with van der Waals surface area (Å²) in [5, 5.41) is 7.63. The van der Waals surface area contributed by atoms with Gasteiger partial charge >= 0.3 is 0 Å². The van der Waals surface area contributed by atoms with Gasteiger partial charge in [-0.15, -0.1) is 0 Å². The van der Waals surface area contributed by atoms with Crippen LogP contribution in [-0.2, 0) is 6.54 Å². The monoisotopic (exact) mass is 280 g/mol. The maximum absolute atomic E-state index is 11.9. The van der Waals surface area contributed by atoms with Crippen LogP contribution in [0.15, 0.2) is 17.1 Å². The van der Waals surface area contributed by atoms with E-state index in [0.29, 0.717) is 12.6 Å². The molecule has 1 unspecified atom stereocenters. The molecule has 1 aromatic rings. The molecule has 0 aliphatic heterocycles. The van der Waals surface area contributed by atoms with Crippen molar-refractivity contribution in [2.24, 2.45) is 5.92 Å². The number of anilines is 1. The lowest BCUT2D eigenvalue weighted by Gasteiger charge is -2.16. The lowest BCUT2D eigenvalue weighted by atomic mass is 10.0. The third-order valence-corrected chi connectivity index (χ3v) is 3.36. The Morgan fingerprint density at radius 2 is 2.00 bits per heavy atom. The lowest BCUT2D eigenvalue weighted by molar-refractivity contribution is 0.430. The highest BCUT2D eigenvalue weighted by Crippen LogP contribution is 2.06. The SMILES string of the molecule is CC(C)CCC(C)NCCn1ncc(N(C)C)cc1=O. The molecule has 0 aliphatic rings. The summed E-state index contributed by atoms with van der Waals surface area (Å²) in [5.74, 6) is 0.738. The Kier molecular flexibility index (Phi) is 6.71. The van der Waals surface area contributed by atoms with Crippen molar-refractivity contribution in [1.82, 2.24) is 15.1 Å². The van der Waals surface area contributed by atoms with Crippen LogP contribution in [0.1, 0.15) is 33.6 Å². The molecule has 114 valence electrons. The van der Waals surface area contributed by atoms with E-state index in [1.165, 1.54) is 17.5 Å². The predicted molar refractivity (Wildman–Crippen MR) is 84.4 cm³/mol. The van der Waals surface area contributed by atoms with Crippen LogP contribution >= 0.6 is 0 Å². The van der Waals surface area contributed by atoms with Crippen molar-refractivity contribution in [3.63, 3.8) is 0 Å². The van der Waals surface area contributed by atoms with Gasteiger partial charge in [0.1, 0.15) is 0 Å². The fraction of sp³-hybridized carbons (Fsp3) is 0.733. The van der Waals surface area contributed by atoms with Gasteiger partial charge in [0, 0.05) is 32.7 Å². The Bertz CT molecular complexity index is 453. The topological polar surface area (TPSA) is 50.2 Å². The molecule has 0 amide bonds. The molecule has 0 aromatic carbocycles. The zero-order chi connectivity index (χ0) is 15.1. The van der Waals surface area contributed by atoms with Crippen molar-refractivity contribution in [3.8, 4) is 0 Å². The molecule has 0 saturated heterocycles. The average Bonchev–Trinajstić information content (AvgIpc) is 2.38. The third-order valence-electron chi connectivity index (χ3n) is 3.36. The Morgan fingerprint density at radius 1 is 1.30 bits per heavy atom.